The average molecular weight is 512 g/mol. The molecule has 0 saturated carbocycles. The van der Waals surface area contributed by atoms with Gasteiger partial charge < -0.3 is 19.5 Å². The van der Waals surface area contributed by atoms with E-state index in [2.05, 4.69) is 31.8 Å². The van der Waals surface area contributed by atoms with Crippen molar-refractivity contribution in [1.82, 2.24) is 5.43 Å². The number of methoxy groups -OCH3 is 2. The summed E-state index contributed by atoms with van der Waals surface area (Å²) in [5.41, 5.74) is 4.12. The average Bonchev–Trinajstić information content (AvgIpc) is 2.84. The Labute approximate surface area is 199 Å². The van der Waals surface area contributed by atoms with Crippen molar-refractivity contribution in [2.45, 2.75) is 6.61 Å². The maximum absolute atomic E-state index is 12.2. The van der Waals surface area contributed by atoms with Crippen LogP contribution >= 0.6 is 15.9 Å². The highest BCUT2D eigenvalue weighted by Gasteiger charge is 2.15. The number of carbonyl (C=O) groups excluding carboxylic acids is 2. The van der Waals surface area contributed by atoms with Crippen LogP contribution < -0.4 is 25.0 Å². The molecule has 0 fully saturated rings. The van der Waals surface area contributed by atoms with Gasteiger partial charge in [0.25, 0.3) is 0 Å². The lowest BCUT2D eigenvalue weighted by molar-refractivity contribution is -0.136. The van der Waals surface area contributed by atoms with Crippen LogP contribution in [0.2, 0.25) is 0 Å². The predicted octanol–water partition coefficient (Wildman–Crippen LogP) is 4.13. The number of nitrogens with one attached hydrogen (secondary N) is 2. The van der Waals surface area contributed by atoms with Gasteiger partial charge in [-0.1, -0.05) is 46.3 Å². The van der Waals surface area contributed by atoms with Gasteiger partial charge in [0.1, 0.15) is 12.4 Å². The van der Waals surface area contributed by atoms with Gasteiger partial charge in [-0.15, -0.1) is 0 Å². The standard InChI is InChI=1S/C24H22BrN3O5/c1-31-20-8-4-3-7-19(20)27-23(29)24(30)28-26-14-17-6-5-9-21(32-2)22(17)33-15-16-10-12-18(25)13-11-16/h3-14H,15H2,1-2H3,(H,27,29)(H,28,30)/b26-14-. The van der Waals surface area contributed by atoms with Crippen molar-refractivity contribution in [2.24, 2.45) is 5.10 Å². The van der Waals surface area contributed by atoms with Crippen LogP contribution in [0.4, 0.5) is 5.69 Å². The molecule has 33 heavy (non-hydrogen) atoms. The fourth-order valence-corrected chi connectivity index (χ4v) is 3.09. The van der Waals surface area contributed by atoms with E-state index in [9.17, 15) is 9.59 Å². The minimum atomic E-state index is -0.933. The summed E-state index contributed by atoms with van der Waals surface area (Å²) < 4.78 is 17.5. The van der Waals surface area contributed by atoms with Crippen LogP contribution in [0.3, 0.4) is 0 Å². The van der Waals surface area contributed by atoms with Crippen molar-refractivity contribution >= 4 is 39.6 Å². The first kappa shape index (κ1) is 23.8. The Balaban J connectivity index is 1.66. The van der Waals surface area contributed by atoms with Gasteiger partial charge in [0.15, 0.2) is 11.5 Å². The minimum absolute atomic E-state index is 0.308. The monoisotopic (exact) mass is 511 g/mol. The number of rotatable bonds is 8. The molecule has 0 heterocycles. The van der Waals surface area contributed by atoms with Gasteiger partial charge in [0.05, 0.1) is 26.1 Å². The van der Waals surface area contributed by atoms with E-state index >= 15 is 0 Å². The van der Waals surface area contributed by atoms with E-state index in [-0.39, 0.29) is 0 Å². The second-order valence-corrected chi connectivity index (χ2v) is 7.56. The number of nitrogens with zero attached hydrogens (tertiary/aromatic N) is 1. The van der Waals surface area contributed by atoms with E-state index in [1.165, 1.54) is 20.4 Å². The molecule has 8 nitrogen and oxygen atoms in total. The molecule has 0 spiro atoms. The van der Waals surface area contributed by atoms with Crippen LogP contribution in [0.1, 0.15) is 11.1 Å². The number of hydrogen-bond donors (Lipinski definition) is 2. The Morgan fingerprint density at radius 1 is 0.909 bits per heavy atom. The van der Waals surface area contributed by atoms with Gasteiger partial charge in [-0.25, -0.2) is 5.43 Å². The Bertz CT molecular complexity index is 1150. The first-order chi connectivity index (χ1) is 16.0. The van der Waals surface area contributed by atoms with Gasteiger partial charge in [0, 0.05) is 10.0 Å². The lowest BCUT2D eigenvalue weighted by atomic mass is 10.2. The predicted molar refractivity (Wildman–Crippen MR) is 129 cm³/mol. The second kappa shape index (κ2) is 11.7. The normalized spacial score (nSPS) is 10.5. The molecule has 3 aromatic carbocycles. The Morgan fingerprint density at radius 3 is 2.33 bits per heavy atom. The van der Waals surface area contributed by atoms with Crippen molar-refractivity contribution in [3.05, 3.63) is 82.3 Å². The first-order valence-electron chi connectivity index (χ1n) is 9.83. The maximum atomic E-state index is 12.2. The number of halogens is 1. The quantitative estimate of drug-likeness (QED) is 0.269. The molecule has 0 unspecified atom stereocenters. The zero-order chi connectivity index (χ0) is 23.6. The van der Waals surface area contributed by atoms with Crippen molar-refractivity contribution < 1.29 is 23.8 Å². The van der Waals surface area contributed by atoms with Crippen molar-refractivity contribution in [2.75, 3.05) is 19.5 Å². The largest absolute Gasteiger partial charge is 0.495 e. The van der Waals surface area contributed by atoms with Crippen LogP contribution in [0, 0.1) is 0 Å². The first-order valence-corrected chi connectivity index (χ1v) is 10.6. The van der Waals surface area contributed by atoms with E-state index in [1.54, 1.807) is 42.5 Å². The number of benzene rings is 3. The number of carbonyl (C=O) groups is 2. The molecule has 9 heteroatoms. The fourth-order valence-electron chi connectivity index (χ4n) is 2.82. The highest BCUT2D eigenvalue weighted by Crippen LogP contribution is 2.31. The topological polar surface area (TPSA) is 98.2 Å². The Hall–Kier alpha value is -3.85. The van der Waals surface area contributed by atoms with Gasteiger partial charge in [-0.05, 0) is 42.0 Å². The van der Waals surface area contributed by atoms with Crippen molar-refractivity contribution in [3.63, 3.8) is 0 Å². The number of ether oxygens (including phenoxy) is 3. The Morgan fingerprint density at radius 2 is 1.61 bits per heavy atom. The number of anilines is 1. The van der Waals surface area contributed by atoms with Crippen LogP contribution in [-0.2, 0) is 16.2 Å². The van der Waals surface area contributed by atoms with E-state index in [0.717, 1.165) is 10.0 Å². The summed E-state index contributed by atoms with van der Waals surface area (Å²) in [6.45, 7) is 0.308. The molecule has 0 atom stereocenters. The molecule has 0 aliphatic rings. The number of hydrazone groups is 1. The molecule has 0 aliphatic heterocycles. The zero-order valence-electron chi connectivity index (χ0n) is 18.0. The van der Waals surface area contributed by atoms with E-state index in [1.807, 2.05) is 24.3 Å². The van der Waals surface area contributed by atoms with Gasteiger partial charge in [-0.2, -0.15) is 5.10 Å². The van der Waals surface area contributed by atoms with Crippen molar-refractivity contribution in [1.29, 1.82) is 0 Å². The van der Waals surface area contributed by atoms with Gasteiger partial charge in [-0.3, -0.25) is 9.59 Å². The third-order valence-corrected chi connectivity index (χ3v) is 4.99. The molecule has 0 aromatic heterocycles. The van der Waals surface area contributed by atoms with Crippen LogP contribution in [0.15, 0.2) is 76.3 Å². The molecule has 3 rings (SSSR count). The molecular formula is C24H22BrN3O5. The third-order valence-electron chi connectivity index (χ3n) is 4.46. The SMILES string of the molecule is COc1ccccc1NC(=O)C(=O)N/N=C\c1cccc(OC)c1OCc1ccc(Br)cc1. The van der Waals surface area contributed by atoms with Gasteiger partial charge in [0.2, 0.25) is 0 Å². The number of amides is 2. The summed E-state index contributed by atoms with van der Waals surface area (Å²) in [5, 5.41) is 6.38. The van der Waals surface area contributed by atoms with Crippen molar-refractivity contribution in [3.8, 4) is 17.2 Å². The smallest absolute Gasteiger partial charge is 0.329 e. The van der Waals surface area contributed by atoms with Crippen LogP contribution in [0.25, 0.3) is 0 Å². The zero-order valence-corrected chi connectivity index (χ0v) is 19.6. The summed E-state index contributed by atoms with van der Waals surface area (Å²) in [5.74, 6) is -0.409. The summed E-state index contributed by atoms with van der Waals surface area (Å²) in [4.78, 5) is 24.3. The third kappa shape index (κ3) is 6.56. The Kier molecular flexibility index (Phi) is 8.43. The lowest BCUT2D eigenvalue weighted by Gasteiger charge is -2.13. The summed E-state index contributed by atoms with van der Waals surface area (Å²) in [7, 11) is 3.01. The van der Waals surface area contributed by atoms with Crippen LogP contribution in [-0.4, -0.2) is 32.2 Å². The molecule has 0 radical (unpaired) electrons. The van der Waals surface area contributed by atoms with E-state index < -0.39 is 11.8 Å². The summed E-state index contributed by atoms with van der Waals surface area (Å²) in [6, 6.07) is 19.8. The number of hydrogen-bond acceptors (Lipinski definition) is 6. The maximum Gasteiger partial charge on any atom is 0.329 e. The summed E-state index contributed by atoms with van der Waals surface area (Å²) in [6.07, 6.45) is 1.38. The fraction of sp³-hybridized carbons (Fsp3) is 0.125. The molecule has 0 saturated heterocycles. The van der Waals surface area contributed by atoms with E-state index in [4.69, 9.17) is 14.2 Å². The van der Waals surface area contributed by atoms with Gasteiger partial charge >= 0.3 is 11.8 Å². The minimum Gasteiger partial charge on any atom is -0.495 e. The van der Waals surface area contributed by atoms with Crippen LogP contribution in [0.5, 0.6) is 17.2 Å². The molecule has 3 aromatic rings. The lowest BCUT2D eigenvalue weighted by Crippen LogP contribution is -2.32. The second-order valence-electron chi connectivity index (χ2n) is 6.65. The summed E-state index contributed by atoms with van der Waals surface area (Å²) >= 11 is 3.40. The highest BCUT2D eigenvalue weighted by atomic mass is 79.9. The highest BCUT2D eigenvalue weighted by molar-refractivity contribution is 9.10. The molecule has 0 bridgehead atoms. The molecule has 0 aliphatic carbocycles. The molecule has 2 amide bonds. The molecule has 2 N–H and O–H groups in total. The number of para-hydroxylation sites is 3. The molecular weight excluding hydrogens is 490 g/mol. The van der Waals surface area contributed by atoms with E-state index in [0.29, 0.717) is 35.1 Å². The molecule has 170 valence electrons.